The summed E-state index contributed by atoms with van der Waals surface area (Å²) in [5.74, 6) is 0.648. The van der Waals surface area contributed by atoms with Crippen molar-refractivity contribution < 1.29 is 9.21 Å². The summed E-state index contributed by atoms with van der Waals surface area (Å²) >= 11 is 0. The van der Waals surface area contributed by atoms with E-state index in [1.807, 2.05) is 66.5 Å². The lowest BCUT2D eigenvalue weighted by atomic mass is 9.91. The number of benzene rings is 2. The van der Waals surface area contributed by atoms with Crippen molar-refractivity contribution in [2.24, 2.45) is 12.8 Å². The molecular weight excluding hydrogens is 438 g/mol. The Balaban J connectivity index is 1.33. The Bertz CT molecular complexity index is 1550. The summed E-state index contributed by atoms with van der Waals surface area (Å²) in [6, 6.07) is 17.7. The molecule has 2 atom stereocenters. The summed E-state index contributed by atoms with van der Waals surface area (Å²) in [7, 11) is 1.93. The van der Waals surface area contributed by atoms with Crippen molar-refractivity contribution in [2.75, 3.05) is 0 Å². The quantitative estimate of drug-likeness (QED) is 0.387. The number of aryl methyl sites for hydroxylation is 1. The molecule has 6 rings (SSSR count). The minimum absolute atomic E-state index is 0.0168. The molecule has 3 aromatic heterocycles. The number of nitrogens with one attached hydrogen (secondary N) is 1. The molecule has 7 heteroatoms. The zero-order chi connectivity index (χ0) is 23.9. The first-order chi connectivity index (χ1) is 17.1. The van der Waals surface area contributed by atoms with Gasteiger partial charge in [-0.25, -0.2) is 0 Å². The molecule has 0 radical (unpaired) electrons. The van der Waals surface area contributed by atoms with Crippen LogP contribution in [0.1, 0.15) is 36.0 Å². The Hall–Kier alpha value is -3.97. The molecule has 0 saturated heterocycles. The van der Waals surface area contributed by atoms with E-state index in [0.29, 0.717) is 11.1 Å². The summed E-state index contributed by atoms with van der Waals surface area (Å²) in [4.78, 5) is 17.5. The topological polar surface area (TPSA) is 99.0 Å². The fourth-order valence-corrected chi connectivity index (χ4v) is 5.04. The minimum atomic E-state index is -0.0931. The van der Waals surface area contributed by atoms with Gasteiger partial charge in [-0.2, -0.15) is 5.10 Å². The van der Waals surface area contributed by atoms with Gasteiger partial charge in [-0.15, -0.1) is 0 Å². The van der Waals surface area contributed by atoms with Crippen molar-refractivity contribution in [3.05, 3.63) is 72.6 Å². The van der Waals surface area contributed by atoms with Crippen LogP contribution in [0, 0.1) is 0 Å². The molecule has 176 valence electrons. The van der Waals surface area contributed by atoms with E-state index < -0.39 is 0 Å². The minimum Gasteiger partial charge on any atom is -0.454 e. The van der Waals surface area contributed by atoms with Crippen LogP contribution in [0.25, 0.3) is 44.5 Å². The first kappa shape index (κ1) is 21.6. The van der Waals surface area contributed by atoms with Gasteiger partial charge in [0.1, 0.15) is 11.3 Å². The number of furan rings is 1. The highest BCUT2D eigenvalue weighted by atomic mass is 16.3. The molecule has 1 aliphatic carbocycles. The third-order valence-electron chi connectivity index (χ3n) is 7.01. The maximum Gasteiger partial charge on any atom is 0.251 e. The predicted octanol–water partition coefficient (Wildman–Crippen LogP) is 5.05. The van der Waals surface area contributed by atoms with Gasteiger partial charge in [0.15, 0.2) is 5.58 Å². The number of hydrogen-bond acceptors (Lipinski definition) is 5. The first-order valence-electron chi connectivity index (χ1n) is 12.0. The molecule has 1 amide bonds. The van der Waals surface area contributed by atoms with Gasteiger partial charge in [-0.3, -0.25) is 14.5 Å². The van der Waals surface area contributed by atoms with E-state index in [1.165, 1.54) is 0 Å². The molecule has 1 saturated carbocycles. The first-order valence-corrected chi connectivity index (χ1v) is 12.0. The maximum atomic E-state index is 13.0. The molecule has 0 spiro atoms. The van der Waals surface area contributed by atoms with E-state index in [2.05, 4.69) is 21.5 Å². The number of fused-ring (bicyclic) bond motifs is 2. The third kappa shape index (κ3) is 3.98. The Morgan fingerprint density at radius 1 is 1.09 bits per heavy atom. The number of nitrogens with zero attached hydrogens (tertiary/aromatic N) is 3. The number of aromatic nitrogens is 3. The van der Waals surface area contributed by atoms with Crippen molar-refractivity contribution >= 4 is 27.9 Å². The number of rotatable bonds is 4. The number of carbonyl (C=O) groups is 1. The second-order valence-corrected chi connectivity index (χ2v) is 9.33. The number of carbonyl (C=O) groups excluding carboxylic acids is 1. The SMILES string of the molecule is Cn1ncc2cc(-c3cc4nccc(-c5cccc(C(=O)N[C@@H]6CCCCC6N)c5)c4o3)ccc21. The van der Waals surface area contributed by atoms with Gasteiger partial charge in [0.25, 0.3) is 5.91 Å². The number of pyridine rings is 1. The van der Waals surface area contributed by atoms with Crippen molar-refractivity contribution in [1.29, 1.82) is 0 Å². The van der Waals surface area contributed by atoms with E-state index in [4.69, 9.17) is 10.2 Å². The zero-order valence-corrected chi connectivity index (χ0v) is 19.6. The molecule has 1 unspecified atom stereocenters. The van der Waals surface area contributed by atoms with Gasteiger partial charge < -0.3 is 15.5 Å². The van der Waals surface area contributed by atoms with Crippen LogP contribution in [0.5, 0.6) is 0 Å². The lowest BCUT2D eigenvalue weighted by molar-refractivity contribution is 0.0921. The smallest absolute Gasteiger partial charge is 0.251 e. The maximum absolute atomic E-state index is 13.0. The van der Waals surface area contributed by atoms with Crippen LogP contribution < -0.4 is 11.1 Å². The Labute approximate surface area is 202 Å². The van der Waals surface area contributed by atoms with Gasteiger partial charge in [0.2, 0.25) is 0 Å². The Kier molecular flexibility index (Phi) is 5.34. The molecule has 35 heavy (non-hydrogen) atoms. The number of hydrogen-bond donors (Lipinski definition) is 2. The summed E-state index contributed by atoms with van der Waals surface area (Å²) in [5, 5.41) is 8.51. The van der Waals surface area contributed by atoms with Crippen LogP contribution in [-0.2, 0) is 7.05 Å². The Morgan fingerprint density at radius 3 is 2.86 bits per heavy atom. The highest BCUT2D eigenvalue weighted by Gasteiger charge is 2.24. The van der Waals surface area contributed by atoms with Crippen LogP contribution in [0.15, 0.2) is 71.4 Å². The normalized spacial score (nSPS) is 18.2. The van der Waals surface area contributed by atoms with E-state index in [0.717, 1.165) is 64.6 Å². The average molecular weight is 466 g/mol. The highest BCUT2D eigenvalue weighted by molar-refractivity contribution is 5.98. The van der Waals surface area contributed by atoms with Gasteiger partial charge in [0, 0.05) is 53.5 Å². The Morgan fingerprint density at radius 2 is 1.97 bits per heavy atom. The lowest BCUT2D eigenvalue weighted by Crippen LogP contribution is -2.49. The highest BCUT2D eigenvalue weighted by Crippen LogP contribution is 2.34. The number of nitrogens with two attached hydrogens (primary N) is 1. The van der Waals surface area contributed by atoms with Crippen molar-refractivity contribution in [1.82, 2.24) is 20.1 Å². The van der Waals surface area contributed by atoms with E-state index >= 15 is 0 Å². The second-order valence-electron chi connectivity index (χ2n) is 9.33. The summed E-state index contributed by atoms with van der Waals surface area (Å²) < 4.78 is 8.17. The fourth-order valence-electron chi connectivity index (χ4n) is 5.04. The molecular formula is C28H27N5O2. The monoisotopic (exact) mass is 465 g/mol. The summed E-state index contributed by atoms with van der Waals surface area (Å²) in [6.45, 7) is 0. The molecule has 3 N–H and O–H groups in total. The largest absolute Gasteiger partial charge is 0.454 e. The van der Waals surface area contributed by atoms with Gasteiger partial charge in [-0.1, -0.05) is 25.0 Å². The van der Waals surface area contributed by atoms with Crippen molar-refractivity contribution in [3.8, 4) is 22.5 Å². The lowest BCUT2D eigenvalue weighted by Gasteiger charge is -2.29. The summed E-state index contributed by atoms with van der Waals surface area (Å²) in [6.07, 6.45) is 7.73. The van der Waals surface area contributed by atoms with Crippen molar-refractivity contribution in [2.45, 2.75) is 37.8 Å². The number of amides is 1. The van der Waals surface area contributed by atoms with E-state index in [-0.39, 0.29) is 18.0 Å². The molecule has 5 aromatic rings. The molecule has 3 heterocycles. The van der Waals surface area contributed by atoms with Crippen LogP contribution in [0.2, 0.25) is 0 Å². The summed E-state index contributed by atoms with van der Waals surface area (Å²) in [5.41, 5.74) is 12.1. The van der Waals surface area contributed by atoms with Gasteiger partial charge >= 0.3 is 0 Å². The zero-order valence-electron chi connectivity index (χ0n) is 19.6. The van der Waals surface area contributed by atoms with E-state index in [9.17, 15) is 4.79 Å². The van der Waals surface area contributed by atoms with Gasteiger partial charge in [0.05, 0.1) is 11.7 Å². The van der Waals surface area contributed by atoms with Crippen LogP contribution in [0.4, 0.5) is 0 Å². The molecule has 0 aliphatic heterocycles. The molecule has 1 fully saturated rings. The molecule has 1 aliphatic rings. The molecule has 7 nitrogen and oxygen atoms in total. The fraction of sp³-hybridized carbons (Fsp3) is 0.250. The molecule has 0 bridgehead atoms. The predicted molar refractivity (Wildman–Crippen MR) is 137 cm³/mol. The van der Waals surface area contributed by atoms with Crippen LogP contribution in [-0.4, -0.2) is 32.8 Å². The van der Waals surface area contributed by atoms with Crippen LogP contribution >= 0.6 is 0 Å². The van der Waals surface area contributed by atoms with Crippen molar-refractivity contribution in [3.63, 3.8) is 0 Å². The third-order valence-corrected chi connectivity index (χ3v) is 7.01. The van der Waals surface area contributed by atoms with Gasteiger partial charge in [-0.05, 0) is 54.8 Å². The molecule has 2 aromatic carbocycles. The van der Waals surface area contributed by atoms with E-state index in [1.54, 1.807) is 6.20 Å². The second kappa shape index (κ2) is 8.67. The van der Waals surface area contributed by atoms with Crippen LogP contribution in [0.3, 0.4) is 0 Å². The standard InChI is InChI=1S/C28H27N5O2/c1-33-25-10-9-18(14-20(25)16-31-33)26-15-24-27(35-26)21(11-12-30-24)17-5-4-6-19(13-17)28(34)32-23-8-3-2-7-22(23)29/h4-6,9-16,22-23H,2-3,7-8,29H2,1H3,(H,32,34)/t22?,23-/m1/s1. The average Bonchev–Trinajstić information content (AvgIpc) is 3.49.